The summed E-state index contributed by atoms with van der Waals surface area (Å²) in [6.07, 6.45) is 0. The largest absolute Gasteiger partial charge is 0.323 e. The average molecular weight is 416 g/mol. The van der Waals surface area contributed by atoms with Crippen LogP contribution >= 0.6 is 11.6 Å². The molecule has 0 aromatic heterocycles. The van der Waals surface area contributed by atoms with Crippen molar-refractivity contribution < 1.29 is 9.59 Å². The maximum absolute atomic E-state index is 12.8. The summed E-state index contributed by atoms with van der Waals surface area (Å²) in [6, 6.07) is 26.8. The molecule has 30 heavy (non-hydrogen) atoms. The number of halogens is 1. The van der Waals surface area contributed by atoms with Crippen molar-refractivity contribution in [2.45, 2.75) is 0 Å². The summed E-state index contributed by atoms with van der Waals surface area (Å²) < 4.78 is 0. The molecule has 0 aliphatic carbocycles. The van der Waals surface area contributed by atoms with Crippen LogP contribution in [0.4, 0.5) is 21.9 Å². The van der Waals surface area contributed by atoms with Gasteiger partial charge in [-0.15, -0.1) is 0 Å². The van der Waals surface area contributed by atoms with Crippen LogP contribution in [-0.4, -0.2) is 11.9 Å². The molecule has 0 fully saturated rings. The van der Waals surface area contributed by atoms with Crippen LogP contribution in [0.25, 0.3) is 10.8 Å². The second-order valence-electron chi connectivity index (χ2n) is 6.59. The highest BCUT2D eigenvalue weighted by Crippen LogP contribution is 2.25. The molecule has 0 radical (unpaired) electrons. The summed E-state index contributed by atoms with van der Waals surface area (Å²) in [7, 11) is 0. The molecular weight excluding hydrogens is 398 g/mol. The second kappa shape index (κ2) is 8.68. The minimum Gasteiger partial charge on any atom is -0.321 e. The van der Waals surface area contributed by atoms with E-state index in [0.29, 0.717) is 27.6 Å². The second-order valence-corrected chi connectivity index (χ2v) is 6.99. The van der Waals surface area contributed by atoms with E-state index in [0.717, 1.165) is 10.8 Å². The van der Waals surface area contributed by atoms with Gasteiger partial charge in [-0.2, -0.15) is 0 Å². The zero-order valence-corrected chi connectivity index (χ0v) is 16.6. The number of anilines is 3. The topological polar surface area (TPSA) is 70.2 Å². The Morgan fingerprint density at radius 1 is 0.600 bits per heavy atom. The number of benzene rings is 4. The van der Waals surface area contributed by atoms with Gasteiger partial charge in [0, 0.05) is 5.39 Å². The minimum absolute atomic E-state index is 0.325. The molecule has 5 nitrogen and oxygen atoms in total. The Hall–Kier alpha value is -3.83. The van der Waals surface area contributed by atoms with Crippen molar-refractivity contribution in [2.24, 2.45) is 0 Å². The first kappa shape index (κ1) is 19.5. The third-order valence-electron chi connectivity index (χ3n) is 4.58. The third-order valence-corrected chi connectivity index (χ3v) is 4.91. The molecule has 3 amide bonds. The maximum atomic E-state index is 12.8. The van der Waals surface area contributed by atoms with Crippen LogP contribution < -0.4 is 16.0 Å². The van der Waals surface area contributed by atoms with Crippen molar-refractivity contribution in [1.29, 1.82) is 0 Å². The van der Waals surface area contributed by atoms with Crippen LogP contribution in [0.5, 0.6) is 0 Å². The average Bonchev–Trinajstić information content (AvgIpc) is 2.76. The van der Waals surface area contributed by atoms with Crippen molar-refractivity contribution >= 4 is 51.4 Å². The fourth-order valence-electron chi connectivity index (χ4n) is 3.15. The number of amides is 3. The number of carbonyl (C=O) groups is 2. The van der Waals surface area contributed by atoms with Crippen LogP contribution in [0.1, 0.15) is 10.4 Å². The molecule has 0 aliphatic heterocycles. The number of hydrogen-bond donors (Lipinski definition) is 3. The lowest BCUT2D eigenvalue weighted by Gasteiger charge is -2.13. The van der Waals surface area contributed by atoms with Gasteiger partial charge in [0.2, 0.25) is 0 Å². The molecule has 0 aliphatic rings. The van der Waals surface area contributed by atoms with Gasteiger partial charge in [-0.1, -0.05) is 72.3 Å². The molecule has 4 aromatic rings. The minimum atomic E-state index is -0.440. The molecule has 3 N–H and O–H groups in total. The molecule has 148 valence electrons. The molecule has 0 spiro atoms. The molecule has 0 heterocycles. The molecular formula is C24H18ClN3O2. The van der Waals surface area contributed by atoms with Gasteiger partial charge in [-0.3, -0.25) is 4.79 Å². The Bertz CT molecular complexity index is 1230. The van der Waals surface area contributed by atoms with Crippen LogP contribution in [0, 0.1) is 0 Å². The molecule has 0 saturated heterocycles. The van der Waals surface area contributed by atoms with Crippen molar-refractivity contribution in [2.75, 3.05) is 16.0 Å². The number of rotatable bonds is 4. The number of hydrogen-bond acceptors (Lipinski definition) is 2. The Morgan fingerprint density at radius 3 is 2.03 bits per heavy atom. The Morgan fingerprint density at radius 2 is 1.20 bits per heavy atom. The van der Waals surface area contributed by atoms with Gasteiger partial charge in [0.15, 0.2) is 0 Å². The lowest BCUT2D eigenvalue weighted by molar-refractivity contribution is 0.102. The highest BCUT2D eigenvalue weighted by atomic mass is 35.5. The van der Waals surface area contributed by atoms with Crippen LogP contribution in [-0.2, 0) is 0 Å². The molecule has 0 saturated carbocycles. The van der Waals surface area contributed by atoms with E-state index in [1.54, 1.807) is 48.5 Å². The number of carbonyl (C=O) groups excluding carboxylic acids is 2. The summed E-state index contributed by atoms with van der Waals surface area (Å²) in [6.45, 7) is 0. The molecule has 0 unspecified atom stereocenters. The lowest BCUT2D eigenvalue weighted by Crippen LogP contribution is -2.22. The highest BCUT2D eigenvalue weighted by molar-refractivity contribution is 6.34. The lowest BCUT2D eigenvalue weighted by atomic mass is 10.1. The van der Waals surface area contributed by atoms with Crippen molar-refractivity contribution in [3.8, 4) is 0 Å². The zero-order chi connectivity index (χ0) is 20.9. The van der Waals surface area contributed by atoms with E-state index in [1.807, 2.05) is 42.5 Å². The standard InChI is InChI=1S/C24H18ClN3O2/c25-19-12-4-6-14-22(19)26-23(29)18-11-3-5-13-21(18)28-24(30)27-20-15-7-9-16-8-1-2-10-17(16)20/h1-15H,(H,26,29)(H2,27,28,30). The van der Waals surface area contributed by atoms with E-state index in [4.69, 9.17) is 11.6 Å². The quantitative estimate of drug-likeness (QED) is 0.361. The number of urea groups is 1. The number of fused-ring (bicyclic) bond motifs is 1. The first-order chi connectivity index (χ1) is 14.6. The Labute approximate surface area is 178 Å². The van der Waals surface area contributed by atoms with Crippen LogP contribution in [0.3, 0.4) is 0 Å². The van der Waals surface area contributed by atoms with Gasteiger partial charge in [-0.05, 0) is 35.7 Å². The fraction of sp³-hybridized carbons (Fsp3) is 0. The van der Waals surface area contributed by atoms with E-state index >= 15 is 0 Å². The van der Waals surface area contributed by atoms with Gasteiger partial charge in [0.05, 0.1) is 27.6 Å². The van der Waals surface area contributed by atoms with E-state index in [1.165, 1.54) is 0 Å². The molecule has 0 bridgehead atoms. The number of nitrogens with one attached hydrogen (secondary N) is 3. The van der Waals surface area contributed by atoms with Gasteiger partial charge in [0.1, 0.15) is 0 Å². The summed E-state index contributed by atoms with van der Waals surface area (Å²) in [4.78, 5) is 25.4. The van der Waals surface area contributed by atoms with Crippen molar-refractivity contribution in [3.63, 3.8) is 0 Å². The molecule has 0 atom stereocenters. The van der Waals surface area contributed by atoms with E-state index in [9.17, 15) is 9.59 Å². The van der Waals surface area contributed by atoms with E-state index in [2.05, 4.69) is 16.0 Å². The van der Waals surface area contributed by atoms with Gasteiger partial charge in [0.25, 0.3) is 5.91 Å². The van der Waals surface area contributed by atoms with Crippen LogP contribution in [0.2, 0.25) is 5.02 Å². The van der Waals surface area contributed by atoms with E-state index < -0.39 is 6.03 Å². The summed E-state index contributed by atoms with van der Waals surface area (Å²) >= 11 is 6.12. The van der Waals surface area contributed by atoms with Gasteiger partial charge >= 0.3 is 6.03 Å². The van der Waals surface area contributed by atoms with Gasteiger partial charge in [-0.25, -0.2) is 4.79 Å². The smallest absolute Gasteiger partial charge is 0.321 e. The summed E-state index contributed by atoms with van der Waals surface area (Å²) in [5.74, 6) is -0.371. The fourth-order valence-corrected chi connectivity index (χ4v) is 3.34. The SMILES string of the molecule is O=C(Nc1ccccc1C(=O)Nc1ccccc1Cl)Nc1cccc2ccccc12. The Balaban J connectivity index is 1.53. The first-order valence-electron chi connectivity index (χ1n) is 9.32. The third kappa shape index (κ3) is 4.26. The number of para-hydroxylation sites is 2. The monoisotopic (exact) mass is 415 g/mol. The highest BCUT2D eigenvalue weighted by Gasteiger charge is 2.15. The van der Waals surface area contributed by atoms with Crippen LogP contribution in [0.15, 0.2) is 91.0 Å². The predicted molar refractivity (Wildman–Crippen MR) is 122 cm³/mol. The predicted octanol–water partition coefficient (Wildman–Crippen LogP) is 6.39. The maximum Gasteiger partial charge on any atom is 0.323 e. The molecule has 4 rings (SSSR count). The Kier molecular flexibility index (Phi) is 5.63. The molecule has 6 heteroatoms. The summed E-state index contributed by atoms with van der Waals surface area (Å²) in [5, 5.41) is 10.8. The zero-order valence-electron chi connectivity index (χ0n) is 15.9. The van der Waals surface area contributed by atoms with Crippen molar-refractivity contribution in [1.82, 2.24) is 0 Å². The van der Waals surface area contributed by atoms with E-state index in [-0.39, 0.29) is 5.91 Å². The first-order valence-corrected chi connectivity index (χ1v) is 9.70. The molecule has 4 aromatic carbocycles. The van der Waals surface area contributed by atoms with Gasteiger partial charge < -0.3 is 16.0 Å². The summed E-state index contributed by atoms with van der Waals surface area (Å²) in [5.41, 5.74) is 1.90. The van der Waals surface area contributed by atoms with Crippen molar-refractivity contribution in [3.05, 3.63) is 102 Å². The normalized spacial score (nSPS) is 10.4.